The molecule has 5 nitrogen and oxygen atoms in total. The van der Waals surface area contributed by atoms with E-state index in [1.807, 2.05) is 18.2 Å². The first-order chi connectivity index (χ1) is 12.3. The first-order valence-electron chi connectivity index (χ1n) is 8.57. The Morgan fingerprint density at radius 1 is 1.12 bits per heavy atom. The molecule has 1 N–H and O–H groups in total. The van der Waals surface area contributed by atoms with Crippen molar-refractivity contribution >= 4 is 0 Å². The molecule has 0 bridgehead atoms. The Bertz CT molecular complexity index is 845. The van der Waals surface area contributed by atoms with Crippen LogP contribution in [0.25, 0.3) is 0 Å². The molecule has 1 aromatic heterocycles. The summed E-state index contributed by atoms with van der Waals surface area (Å²) in [6.45, 7) is 0.573. The van der Waals surface area contributed by atoms with Gasteiger partial charge in [0.25, 0.3) is 0 Å². The van der Waals surface area contributed by atoms with Crippen LogP contribution < -0.4 is 9.47 Å². The number of hydrogen-bond donors (Lipinski definition) is 1. The number of nitrogens with zero attached hydrogens (tertiary/aromatic N) is 2. The summed E-state index contributed by atoms with van der Waals surface area (Å²) >= 11 is 0. The molecule has 0 amide bonds. The molecule has 25 heavy (non-hydrogen) atoms. The first-order valence-corrected chi connectivity index (χ1v) is 8.57. The number of methoxy groups -OCH3 is 1. The van der Waals surface area contributed by atoms with Crippen LogP contribution in [0.5, 0.6) is 11.5 Å². The van der Waals surface area contributed by atoms with Crippen LogP contribution in [0.2, 0.25) is 0 Å². The minimum atomic E-state index is 0.168. The van der Waals surface area contributed by atoms with Gasteiger partial charge in [-0.25, -0.2) is 4.98 Å². The van der Waals surface area contributed by atoms with E-state index in [1.54, 1.807) is 7.11 Å². The monoisotopic (exact) mass is 335 g/mol. The number of aryl methyl sites for hydroxylation is 2. The van der Waals surface area contributed by atoms with Gasteiger partial charge in [-0.3, -0.25) is 5.10 Å². The summed E-state index contributed by atoms with van der Waals surface area (Å²) in [6, 6.07) is 16.4. The van der Waals surface area contributed by atoms with E-state index < -0.39 is 0 Å². The van der Waals surface area contributed by atoms with E-state index in [4.69, 9.17) is 9.47 Å². The van der Waals surface area contributed by atoms with Gasteiger partial charge in [-0.05, 0) is 30.0 Å². The molecule has 0 radical (unpaired) electrons. The molecule has 2 aromatic carbocycles. The van der Waals surface area contributed by atoms with Crippen molar-refractivity contribution in [3.63, 3.8) is 0 Å². The molecule has 0 aliphatic carbocycles. The largest absolute Gasteiger partial charge is 0.493 e. The molecule has 128 valence electrons. The van der Waals surface area contributed by atoms with Crippen LogP contribution in [0.15, 0.2) is 48.5 Å². The van der Waals surface area contributed by atoms with Crippen LogP contribution in [0.4, 0.5) is 0 Å². The lowest BCUT2D eigenvalue weighted by molar-refractivity contribution is 0.243. The second-order valence-electron chi connectivity index (χ2n) is 6.29. The zero-order chi connectivity index (χ0) is 17.1. The Kier molecular flexibility index (Phi) is 4.37. The number of ether oxygens (including phenoxy) is 2. The molecule has 1 aliphatic heterocycles. The van der Waals surface area contributed by atoms with Gasteiger partial charge >= 0.3 is 0 Å². The van der Waals surface area contributed by atoms with Gasteiger partial charge in [-0.2, -0.15) is 5.10 Å². The number of fused-ring (bicyclic) bond motifs is 1. The smallest absolute Gasteiger partial charge is 0.164 e. The third-order valence-electron chi connectivity index (χ3n) is 4.58. The lowest BCUT2D eigenvalue weighted by Gasteiger charge is -2.24. The molecule has 5 heteroatoms. The molecule has 4 rings (SSSR count). The van der Waals surface area contributed by atoms with Gasteiger partial charge in [-0.15, -0.1) is 0 Å². The second kappa shape index (κ2) is 6.97. The Morgan fingerprint density at radius 3 is 2.84 bits per heavy atom. The maximum Gasteiger partial charge on any atom is 0.164 e. The van der Waals surface area contributed by atoms with Crippen molar-refractivity contribution < 1.29 is 9.47 Å². The topological polar surface area (TPSA) is 60.0 Å². The molecule has 0 spiro atoms. The van der Waals surface area contributed by atoms with E-state index in [1.165, 1.54) is 5.56 Å². The Balaban J connectivity index is 1.44. The molecule has 0 unspecified atom stereocenters. The second-order valence-corrected chi connectivity index (χ2v) is 6.29. The third kappa shape index (κ3) is 3.36. The number of nitrogens with one attached hydrogen (secondary N) is 1. The normalized spacial score (nSPS) is 16.1. The highest BCUT2D eigenvalue weighted by Gasteiger charge is 2.26. The highest BCUT2D eigenvalue weighted by atomic mass is 16.5. The highest BCUT2D eigenvalue weighted by molar-refractivity contribution is 5.48. The summed E-state index contributed by atoms with van der Waals surface area (Å²) in [5.74, 6) is 3.56. The van der Waals surface area contributed by atoms with E-state index in [0.717, 1.165) is 48.0 Å². The summed E-state index contributed by atoms with van der Waals surface area (Å²) in [5, 5.41) is 7.50. The Morgan fingerprint density at radius 2 is 2.00 bits per heavy atom. The molecule has 0 saturated carbocycles. The van der Waals surface area contributed by atoms with Crippen molar-refractivity contribution in [3.8, 4) is 11.5 Å². The number of hydrogen-bond acceptors (Lipinski definition) is 4. The lowest BCUT2D eigenvalue weighted by atomic mass is 9.96. The fraction of sp³-hybridized carbons (Fsp3) is 0.300. The molecule has 0 saturated heterocycles. The molecule has 0 fully saturated rings. The zero-order valence-electron chi connectivity index (χ0n) is 14.2. The van der Waals surface area contributed by atoms with Gasteiger partial charge in [0, 0.05) is 6.42 Å². The first kappa shape index (κ1) is 15.7. The summed E-state index contributed by atoms with van der Waals surface area (Å²) < 4.78 is 11.3. The number of para-hydroxylation sites is 1. The number of H-pyrrole nitrogens is 1. The van der Waals surface area contributed by atoms with Crippen molar-refractivity contribution in [2.24, 2.45) is 0 Å². The van der Waals surface area contributed by atoms with Crippen molar-refractivity contribution in [1.29, 1.82) is 0 Å². The van der Waals surface area contributed by atoms with Crippen LogP contribution in [-0.4, -0.2) is 28.9 Å². The van der Waals surface area contributed by atoms with Gasteiger partial charge in [0.1, 0.15) is 5.82 Å². The molecular formula is C20H21N3O2. The average molecular weight is 335 g/mol. The number of aromatic nitrogens is 3. The molecule has 3 aromatic rings. The van der Waals surface area contributed by atoms with Gasteiger partial charge in [-0.1, -0.05) is 42.5 Å². The SMILES string of the molecule is COc1cccc2c1OC[C@H](c1n[nH]c(CCc3ccccc3)n1)C2. The van der Waals surface area contributed by atoms with Crippen molar-refractivity contribution in [1.82, 2.24) is 15.2 Å². The zero-order valence-corrected chi connectivity index (χ0v) is 14.2. The van der Waals surface area contributed by atoms with E-state index in [2.05, 4.69) is 45.5 Å². The summed E-state index contributed by atoms with van der Waals surface area (Å²) in [6.07, 6.45) is 2.67. The van der Waals surface area contributed by atoms with Gasteiger partial charge in [0.2, 0.25) is 0 Å². The molecule has 1 atom stereocenters. The molecule has 2 heterocycles. The van der Waals surface area contributed by atoms with Gasteiger partial charge in [0.05, 0.1) is 19.6 Å². The predicted molar refractivity (Wildman–Crippen MR) is 95.2 cm³/mol. The average Bonchev–Trinajstić information content (AvgIpc) is 3.15. The van der Waals surface area contributed by atoms with Crippen molar-refractivity contribution in [3.05, 3.63) is 71.3 Å². The lowest BCUT2D eigenvalue weighted by Crippen LogP contribution is -2.20. The van der Waals surface area contributed by atoms with Gasteiger partial charge in [0.15, 0.2) is 17.3 Å². The Hall–Kier alpha value is -2.82. The van der Waals surface area contributed by atoms with E-state index in [9.17, 15) is 0 Å². The maximum atomic E-state index is 5.93. The Labute approximate surface area is 147 Å². The standard InChI is InChI=1S/C20H21N3O2/c1-24-17-9-5-8-15-12-16(13-25-19(15)17)20-21-18(22-23-20)11-10-14-6-3-2-4-7-14/h2-9,16H,10-13H2,1H3,(H,21,22,23)/t16-/m1/s1. The van der Waals surface area contributed by atoms with Crippen LogP contribution in [0.1, 0.15) is 28.7 Å². The van der Waals surface area contributed by atoms with E-state index >= 15 is 0 Å². The number of aromatic amines is 1. The quantitative estimate of drug-likeness (QED) is 0.777. The minimum Gasteiger partial charge on any atom is -0.493 e. The van der Waals surface area contributed by atoms with E-state index in [-0.39, 0.29) is 5.92 Å². The third-order valence-corrected chi connectivity index (χ3v) is 4.58. The fourth-order valence-corrected chi connectivity index (χ4v) is 3.23. The van der Waals surface area contributed by atoms with Gasteiger partial charge < -0.3 is 9.47 Å². The minimum absolute atomic E-state index is 0.168. The van der Waals surface area contributed by atoms with E-state index in [0.29, 0.717) is 6.61 Å². The summed E-state index contributed by atoms with van der Waals surface area (Å²) in [4.78, 5) is 4.69. The van der Waals surface area contributed by atoms with Crippen LogP contribution >= 0.6 is 0 Å². The van der Waals surface area contributed by atoms with Crippen molar-refractivity contribution in [2.75, 3.05) is 13.7 Å². The maximum absolute atomic E-state index is 5.93. The van der Waals surface area contributed by atoms with Crippen LogP contribution in [0.3, 0.4) is 0 Å². The van der Waals surface area contributed by atoms with Crippen molar-refractivity contribution in [2.45, 2.75) is 25.2 Å². The summed E-state index contributed by atoms with van der Waals surface area (Å²) in [5.41, 5.74) is 2.45. The van der Waals surface area contributed by atoms with Crippen LogP contribution in [0, 0.1) is 0 Å². The number of benzene rings is 2. The molecular weight excluding hydrogens is 314 g/mol. The summed E-state index contributed by atoms with van der Waals surface area (Å²) in [7, 11) is 1.67. The number of rotatable bonds is 5. The molecule has 1 aliphatic rings. The predicted octanol–water partition coefficient (Wildman–Crippen LogP) is 3.32. The van der Waals surface area contributed by atoms with Crippen LogP contribution in [-0.2, 0) is 19.3 Å². The highest BCUT2D eigenvalue weighted by Crippen LogP contribution is 2.38. The fourth-order valence-electron chi connectivity index (χ4n) is 3.23.